The fourth-order valence-electron chi connectivity index (χ4n) is 2.08. The average molecular weight is 225 g/mol. The largest absolute Gasteiger partial charge is 0.324 e. The highest BCUT2D eigenvalue weighted by Crippen LogP contribution is 2.27. The molecule has 0 fully saturated rings. The molecule has 0 saturated heterocycles. The van der Waals surface area contributed by atoms with E-state index in [9.17, 15) is 0 Å². The van der Waals surface area contributed by atoms with Crippen molar-refractivity contribution in [2.24, 2.45) is 5.73 Å². The maximum absolute atomic E-state index is 6.01. The summed E-state index contributed by atoms with van der Waals surface area (Å²) in [6.07, 6.45) is 1.08. The molecule has 1 heteroatoms. The molecule has 2 rings (SSSR count). The van der Waals surface area contributed by atoms with Crippen LogP contribution < -0.4 is 5.73 Å². The molecule has 0 saturated carbocycles. The van der Waals surface area contributed by atoms with Gasteiger partial charge in [-0.3, -0.25) is 0 Å². The van der Waals surface area contributed by atoms with E-state index in [0.717, 1.165) is 6.42 Å². The Morgan fingerprint density at radius 1 is 1.00 bits per heavy atom. The van der Waals surface area contributed by atoms with E-state index in [1.54, 1.807) is 0 Å². The minimum atomic E-state index is 0.0667. The van der Waals surface area contributed by atoms with Gasteiger partial charge in [0.05, 0.1) is 0 Å². The van der Waals surface area contributed by atoms with Crippen LogP contribution >= 0.6 is 0 Å². The average Bonchev–Trinajstić information content (AvgIpc) is 2.39. The Morgan fingerprint density at radius 2 is 1.65 bits per heavy atom. The van der Waals surface area contributed by atoms with Crippen LogP contribution in [0.25, 0.3) is 11.1 Å². The van der Waals surface area contributed by atoms with Crippen LogP contribution in [0.2, 0.25) is 0 Å². The summed E-state index contributed by atoms with van der Waals surface area (Å²) in [5.41, 5.74) is 11.1. The first-order chi connectivity index (χ1) is 8.22. The van der Waals surface area contributed by atoms with Gasteiger partial charge in [0, 0.05) is 6.04 Å². The number of hydrogen-bond acceptors (Lipinski definition) is 1. The zero-order valence-corrected chi connectivity index (χ0v) is 10.5. The first-order valence-electron chi connectivity index (χ1n) is 6.16. The van der Waals surface area contributed by atoms with E-state index in [4.69, 9.17) is 5.73 Å². The monoisotopic (exact) mass is 225 g/mol. The molecule has 0 amide bonds. The molecule has 0 heterocycles. The predicted molar refractivity (Wildman–Crippen MR) is 73.9 cm³/mol. The number of benzene rings is 2. The van der Waals surface area contributed by atoms with Crippen LogP contribution in [0.3, 0.4) is 0 Å². The standard InChI is InChI=1S/C16H19N/c1-3-13-8-10-14(11-9-13)16-7-5-4-6-15(16)12(2)17/h4-12H,3,17H2,1-2H3. The van der Waals surface area contributed by atoms with E-state index < -0.39 is 0 Å². The Hall–Kier alpha value is -1.60. The highest BCUT2D eigenvalue weighted by molar-refractivity contribution is 5.68. The second-order valence-corrected chi connectivity index (χ2v) is 4.43. The molecule has 88 valence electrons. The lowest BCUT2D eigenvalue weighted by Gasteiger charge is -2.13. The van der Waals surface area contributed by atoms with Crippen LogP contribution in [0.5, 0.6) is 0 Å². The van der Waals surface area contributed by atoms with Crippen molar-refractivity contribution in [3.63, 3.8) is 0 Å². The third-order valence-corrected chi connectivity index (χ3v) is 3.12. The Labute approximate surface area is 103 Å². The van der Waals surface area contributed by atoms with Gasteiger partial charge in [-0.15, -0.1) is 0 Å². The molecule has 2 aromatic carbocycles. The van der Waals surface area contributed by atoms with Gasteiger partial charge in [-0.1, -0.05) is 55.5 Å². The second kappa shape index (κ2) is 5.15. The lowest BCUT2D eigenvalue weighted by atomic mass is 9.95. The Morgan fingerprint density at radius 3 is 2.24 bits per heavy atom. The van der Waals surface area contributed by atoms with Crippen LogP contribution in [0.15, 0.2) is 48.5 Å². The topological polar surface area (TPSA) is 26.0 Å². The van der Waals surface area contributed by atoms with Gasteiger partial charge in [0.15, 0.2) is 0 Å². The van der Waals surface area contributed by atoms with Crippen molar-refractivity contribution in [3.05, 3.63) is 59.7 Å². The molecule has 2 aromatic rings. The quantitative estimate of drug-likeness (QED) is 0.841. The highest BCUT2D eigenvalue weighted by Gasteiger charge is 2.07. The fraction of sp³-hybridized carbons (Fsp3) is 0.250. The zero-order chi connectivity index (χ0) is 12.3. The summed E-state index contributed by atoms with van der Waals surface area (Å²) in [6.45, 7) is 4.20. The van der Waals surface area contributed by atoms with E-state index >= 15 is 0 Å². The van der Waals surface area contributed by atoms with Gasteiger partial charge in [0.2, 0.25) is 0 Å². The van der Waals surface area contributed by atoms with E-state index in [2.05, 4.69) is 49.4 Å². The Kier molecular flexibility index (Phi) is 3.60. The summed E-state index contributed by atoms with van der Waals surface area (Å²) in [5.74, 6) is 0. The minimum Gasteiger partial charge on any atom is -0.324 e. The SMILES string of the molecule is CCc1ccc(-c2ccccc2C(C)N)cc1. The van der Waals surface area contributed by atoms with Gasteiger partial charge in [0.1, 0.15) is 0 Å². The van der Waals surface area contributed by atoms with Crippen LogP contribution in [0, 0.1) is 0 Å². The van der Waals surface area contributed by atoms with Crippen molar-refractivity contribution < 1.29 is 0 Å². The molecule has 0 radical (unpaired) electrons. The first kappa shape index (κ1) is 11.9. The lowest BCUT2D eigenvalue weighted by Crippen LogP contribution is -2.06. The predicted octanol–water partition coefficient (Wildman–Crippen LogP) is 3.94. The van der Waals surface area contributed by atoms with E-state index in [0.29, 0.717) is 0 Å². The molecule has 0 aliphatic carbocycles. The molecule has 1 unspecified atom stereocenters. The minimum absolute atomic E-state index is 0.0667. The molecule has 0 bridgehead atoms. The molecule has 0 aliphatic rings. The maximum Gasteiger partial charge on any atom is 0.0272 e. The third-order valence-electron chi connectivity index (χ3n) is 3.12. The summed E-state index contributed by atoms with van der Waals surface area (Å²) in [7, 11) is 0. The molecule has 0 aromatic heterocycles. The van der Waals surface area contributed by atoms with Crippen LogP contribution in [0.4, 0.5) is 0 Å². The molecule has 17 heavy (non-hydrogen) atoms. The summed E-state index contributed by atoms with van der Waals surface area (Å²) < 4.78 is 0. The smallest absolute Gasteiger partial charge is 0.0272 e. The Bertz CT molecular complexity index is 483. The summed E-state index contributed by atoms with van der Waals surface area (Å²) >= 11 is 0. The highest BCUT2D eigenvalue weighted by atomic mass is 14.6. The van der Waals surface area contributed by atoms with Crippen LogP contribution in [-0.2, 0) is 6.42 Å². The van der Waals surface area contributed by atoms with Gasteiger partial charge in [0.25, 0.3) is 0 Å². The lowest BCUT2D eigenvalue weighted by molar-refractivity contribution is 0.820. The number of nitrogens with two attached hydrogens (primary N) is 1. The van der Waals surface area contributed by atoms with Crippen molar-refractivity contribution in [1.82, 2.24) is 0 Å². The van der Waals surface area contributed by atoms with Gasteiger partial charge >= 0.3 is 0 Å². The second-order valence-electron chi connectivity index (χ2n) is 4.43. The van der Waals surface area contributed by atoms with Gasteiger partial charge in [-0.25, -0.2) is 0 Å². The van der Waals surface area contributed by atoms with Crippen molar-refractivity contribution in [2.75, 3.05) is 0 Å². The molecular weight excluding hydrogens is 206 g/mol. The van der Waals surface area contributed by atoms with Gasteiger partial charge in [-0.05, 0) is 35.6 Å². The van der Waals surface area contributed by atoms with E-state index in [1.165, 1.54) is 22.3 Å². The number of rotatable bonds is 3. The van der Waals surface area contributed by atoms with E-state index in [1.807, 2.05) is 13.0 Å². The van der Waals surface area contributed by atoms with Gasteiger partial charge in [-0.2, -0.15) is 0 Å². The molecule has 1 atom stereocenters. The molecule has 0 aliphatic heterocycles. The fourth-order valence-corrected chi connectivity index (χ4v) is 2.08. The zero-order valence-electron chi connectivity index (χ0n) is 10.5. The first-order valence-corrected chi connectivity index (χ1v) is 6.16. The summed E-state index contributed by atoms with van der Waals surface area (Å²) in [4.78, 5) is 0. The molecular formula is C16H19N. The number of hydrogen-bond donors (Lipinski definition) is 1. The molecule has 1 nitrogen and oxygen atoms in total. The molecule has 0 spiro atoms. The van der Waals surface area contributed by atoms with E-state index in [-0.39, 0.29) is 6.04 Å². The maximum atomic E-state index is 6.01. The van der Waals surface area contributed by atoms with Crippen LogP contribution in [0.1, 0.15) is 31.0 Å². The third kappa shape index (κ3) is 2.56. The summed E-state index contributed by atoms with van der Waals surface area (Å²) in [6, 6.07) is 17.2. The summed E-state index contributed by atoms with van der Waals surface area (Å²) in [5, 5.41) is 0. The molecule has 2 N–H and O–H groups in total. The Balaban J connectivity index is 2.45. The van der Waals surface area contributed by atoms with Crippen molar-refractivity contribution in [1.29, 1.82) is 0 Å². The normalized spacial score (nSPS) is 12.4. The van der Waals surface area contributed by atoms with Crippen LogP contribution in [-0.4, -0.2) is 0 Å². The van der Waals surface area contributed by atoms with Crippen molar-refractivity contribution in [2.45, 2.75) is 26.3 Å². The van der Waals surface area contributed by atoms with Gasteiger partial charge < -0.3 is 5.73 Å². The van der Waals surface area contributed by atoms with Crippen molar-refractivity contribution in [3.8, 4) is 11.1 Å². The number of aryl methyl sites for hydroxylation is 1. The van der Waals surface area contributed by atoms with Crippen molar-refractivity contribution >= 4 is 0 Å².